The zero-order chi connectivity index (χ0) is 16.7. The van der Waals surface area contributed by atoms with Crippen molar-refractivity contribution in [2.75, 3.05) is 6.54 Å². The van der Waals surface area contributed by atoms with Crippen LogP contribution in [0.5, 0.6) is 0 Å². The Morgan fingerprint density at radius 3 is 2.74 bits per heavy atom. The van der Waals surface area contributed by atoms with Crippen molar-refractivity contribution in [3.8, 4) is 11.8 Å². The van der Waals surface area contributed by atoms with Gasteiger partial charge in [0.1, 0.15) is 5.60 Å². The topological polar surface area (TPSA) is 32.3 Å². The van der Waals surface area contributed by atoms with Crippen LogP contribution >= 0.6 is 0 Å². The summed E-state index contributed by atoms with van der Waals surface area (Å²) in [4.78, 5) is 0. The van der Waals surface area contributed by atoms with Crippen LogP contribution in [0.4, 0.5) is 0 Å². The largest absolute Gasteiger partial charge is 0.378 e. The minimum absolute atomic E-state index is 0.262. The van der Waals surface area contributed by atoms with Gasteiger partial charge in [0.2, 0.25) is 0 Å². The first-order valence-electron chi connectivity index (χ1n) is 8.14. The van der Waals surface area contributed by atoms with Gasteiger partial charge in [-0.3, -0.25) is 0 Å². The first-order valence-corrected chi connectivity index (χ1v) is 8.14. The molecule has 2 atom stereocenters. The number of rotatable bonds is 5. The normalized spacial score (nSPS) is 15.1. The van der Waals surface area contributed by atoms with E-state index >= 15 is 0 Å². The highest BCUT2D eigenvalue weighted by Gasteiger charge is 2.11. The van der Waals surface area contributed by atoms with Gasteiger partial charge >= 0.3 is 0 Å². The summed E-state index contributed by atoms with van der Waals surface area (Å²) in [5.41, 5.74) is 0.407. The molecule has 120 valence electrons. The van der Waals surface area contributed by atoms with Gasteiger partial charge in [-0.05, 0) is 42.7 Å². The second-order valence-corrected chi connectivity index (χ2v) is 6.00. The van der Waals surface area contributed by atoms with Crippen molar-refractivity contribution >= 4 is 10.8 Å². The van der Waals surface area contributed by atoms with Crippen molar-refractivity contribution in [2.45, 2.75) is 38.8 Å². The maximum atomic E-state index is 9.79. The van der Waals surface area contributed by atoms with Gasteiger partial charge in [0.05, 0.1) is 0 Å². The van der Waals surface area contributed by atoms with Crippen LogP contribution in [0.1, 0.15) is 38.8 Å². The van der Waals surface area contributed by atoms with E-state index in [-0.39, 0.29) is 6.04 Å². The fraction of sp³-hybridized carbons (Fsp3) is 0.333. The molecule has 0 amide bonds. The van der Waals surface area contributed by atoms with Crippen molar-refractivity contribution < 1.29 is 5.11 Å². The smallest absolute Gasteiger partial charge is 0.122 e. The summed E-state index contributed by atoms with van der Waals surface area (Å²) >= 11 is 0. The van der Waals surface area contributed by atoms with Crippen LogP contribution in [-0.2, 0) is 0 Å². The van der Waals surface area contributed by atoms with Crippen molar-refractivity contribution in [3.63, 3.8) is 0 Å². The molecule has 2 aromatic carbocycles. The SMILES string of the molecule is CCC(C)(O)C#CC=CCN[C@H](C)c1cccc2ccccc12. The number of aliphatic hydroxyl groups is 1. The summed E-state index contributed by atoms with van der Waals surface area (Å²) in [6.07, 6.45) is 4.41. The lowest BCUT2D eigenvalue weighted by atomic mass is 10.00. The lowest BCUT2D eigenvalue weighted by Crippen LogP contribution is -2.19. The Bertz CT molecular complexity index is 729. The number of nitrogens with one attached hydrogen (secondary N) is 1. The maximum absolute atomic E-state index is 9.79. The zero-order valence-electron chi connectivity index (χ0n) is 14.1. The molecule has 2 rings (SSSR count). The molecule has 0 saturated heterocycles. The molecule has 1 unspecified atom stereocenters. The Balaban J connectivity index is 1.96. The minimum Gasteiger partial charge on any atom is -0.378 e. The molecule has 0 aliphatic rings. The van der Waals surface area contributed by atoms with Crippen LogP contribution in [0.25, 0.3) is 10.8 Å². The van der Waals surface area contributed by atoms with Crippen LogP contribution in [0.15, 0.2) is 54.6 Å². The number of fused-ring (bicyclic) bond motifs is 1. The molecule has 0 aliphatic carbocycles. The molecular formula is C21H25NO. The average Bonchev–Trinajstić information content (AvgIpc) is 2.57. The highest BCUT2D eigenvalue weighted by atomic mass is 16.3. The van der Waals surface area contributed by atoms with Gasteiger partial charge in [-0.2, -0.15) is 0 Å². The van der Waals surface area contributed by atoms with Crippen molar-refractivity contribution in [1.29, 1.82) is 0 Å². The molecule has 23 heavy (non-hydrogen) atoms. The van der Waals surface area contributed by atoms with E-state index in [2.05, 4.69) is 66.5 Å². The third kappa shape index (κ3) is 4.96. The molecule has 0 spiro atoms. The van der Waals surface area contributed by atoms with Crippen LogP contribution < -0.4 is 5.32 Å². The first kappa shape index (κ1) is 17.3. The van der Waals surface area contributed by atoms with Crippen molar-refractivity contribution in [3.05, 3.63) is 60.2 Å². The van der Waals surface area contributed by atoms with Gasteiger partial charge in [0, 0.05) is 12.6 Å². The molecule has 2 aromatic rings. The Morgan fingerprint density at radius 1 is 1.22 bits per heavy atom. The molecule has 0 bridgehead atoms. The molecular weight excluding hydrogens is 282 g/mol. The molecule has 0 saturated carbocycles. The molecule has 2 heteroatoms. The van der Waals surface area contributed by atoms with Gasteiger partial charge < -0.3 is 10.4 Å². The van der Waals surface area contributed by atoms with E-state index in [0.29, 0.717) is 6.42 Å². The predicted octanol–water partition coefficient (Wildman–Crippen LogP) is 4.21. The molecule has 0 radical (unpaired) electrons. The van der Waals surface area contributed by atoms with Gasteiger partial charge in [0.15, 0.2) is 0 Å². The summed E-state index contributed by atoms with van der Waals surface area (Å²) in [7, 11) is 0. The second kappa shape index (κ2) is 7.97. The maximum Gasteiger partial charge on any atom is 0.122 e. The summed E-state index contributed by atoms with van der Waals surface area (Å²) < 4.78 is 0. The van der Waals surface area contributed by atoms with Crippen molar-refractivity contribution in [1.82, 2.24) is 5.32 Å². The zero-order valence-corrected chi connectivity index (χ0v) is 14.1. The highest BCUT2D eigenvalue weighted by molar-refractivity contribution is 5.86. The molecule has 0 aliphatic heterocycles. The summed E-state index contributed by atoms with van der Waals surface area (Å²) in [5, 5.41) is 15.8. The summed E-state index contributed by atoms with van der Waals surface area (Å²) in [5.74, 6) is 5.74. The van der Waals surface area contributed by atoms with E-state index in [1.807, 2.05) is 13.0 Å². The number of benzene rings is 2. The Morgan fingerprint density at radius 2 is 1.96 bits per heavy atom. The van der Waals surface area contributed by atoms with Crippen LogP contribution in [-0.4, -0.2) is 17.3 Å². The molecule has 0 aromatic heterocycles. The van der Waals surface area contributed by atoms with E-state index in [4.69, 9.17) is 0 Å². The van der Waals surface area contributed by atoms with Crippen molar-refractivity contribution in [2.24, 2.45) is 0 Å². The number of allylic oxidation sites excluding steroid dienone is 1. The first-order chi connectivity index (χ1) is 11.0. The van der Waals surface area contributed by atoms with Gasteiger partial charge in [-0.15, -0.1) is 0 Å². The van der Waals surface area contributed by atoms with E-state index in [1.165, 1.54) is 16.3 Å². The van der Waals surface area contributed by atoms with Crippen LogP contribution in [0.3, 0.4) is 0 Å². The van der Waals surface area contributed by atoms with Gasteiger partial charge in [0.25, 0.3) is 0 Å². The van der Waals surface area contributed by atoms with Crippen LogP contribution in [0, 0.1) is 11.8 Å². The summed E-state index contributed by atoms with van der Waals surface area (Å²) in [6, 6.07) is 15.1. The number of hydrogen-bond donors (Lipinski definition) is 2. The average molecular weight is 307 g/mol. The van der Waals surface area contributed by atoms with E-state index in [1.54, 1.807) is 13.0 Å². The van der Waals surface area contributed by atoms with Gasteiger partial charge in [-0.25, -0.2) is 0 Å². The van der Waals surface area contributed by atoms with Gasteiger partial charge in [-0.1, -0.05) is 67.3 Å². The monoisotopic (exact) mass is 307 g/mol. The van der Waals surface area contributed by atoms with Crippen LogP contribution in [0.2, 0.25) is 0 Å². The third-order valence-electron chi connectivity index (χ3n) is 4.06. The Kier molecular flexibility index (Phi) is 5.98. The number of hydrogen-bond acceptors (Lipinski definition) is 2. The van der Waals surface area contributed by atoms with E-state index in [0.717, 1.165) is 6.54 Å². The molecule has 0 fully saturated rings. The fourth-order valence-corrected chi connectivity index (χ4v) is 2.39. The lowest BCUT2D eigenvalue weighted by Gasteiger charge is -2.15. The quantitative estimate of drug-likeness (QED) is 0.811. The lowest BCUT2D eigenvalue weighted by molar-refractivity contribution is 0.118. The standard InChI is InChI=1S/C21H25NO/c1-4-21(3,23)15-8-5-9-16-22-17(2)19-14-10-12-18-11-6-7-13-20(18)19/h5-7,9-14,17,22-23H,4,16H2,1-3H3/t17-,21?/m1/s1. The Hall–Kier alpha value is -2.08. The molecule has 2 N–H and O–H groups in total. The Labute approximate surface area is 139 Å². The highest BCUT2D eigenvalue weighted by Crippen LogP contribution is 2.23. The predicted molar refractivity (Wildman–Crippen MR) is 98.2 cm³/mol. The second-order valence-electron chi connectivity index (χ2n) is 6.00. The molecule has 2 nitrogen and oxygen atoms in total. The fourth-order valence-electron chi connectivity index (χ4n) is 2.39. The minimum atomic E-state index is -0.895. The summed E-state index contributed by atoms with van der Waals surface area (Å²) in [6.45, 7) is 6.57. The van der Waals surface area contributed by atoms with E-state index < -0.39 is 5.60 Å². The third-order valence-corrected chi connectivity index (χ3v) is 4.06. The molecule has 0 heterocycles. The van der Waals surface area contributed by atoms with E-state index in [9.17, 15) is 5.11 Å².